The van der Waals surface area contributed by atoms with E-state index in [0.29, 0.717) is 22.5 Å². The van der Waals surface area contributed by atoms with Crippen LogP contribution >= 0.6 is 0 Å². The molecule has 0 saturated carbocycles. The molecule has 0 aliphatic carbocycles. The highest BCUT2D eigenvalue weighted by Crippen LogP contribution is 2.25. The molecular formula is C27H20F3N5O4. The van der Waals surface area contributed by atoms with Gasteiger partial charge in [-0.15, -0.1) is 13.2 Å². The highest BCUT2D eigenvalue weighted by Gasteiger charge is 2.30. The Balaban J connectivity index is 1.22. The molecule has 39 heavy (non-hydrogen) atoms. The van der Waals surface area contributed by atoms with Gasteiger partial charge in [-0.2, -0.15) is 0 Å². The van der Waals surface area contributed by atoms with E-state index in [2.05, 4.69) is 25.0 Å². The molecule has 5 rings (SSSR count). The van der Waals surface area contributed by atoms with E-state index in [-0.39, 0.29) is 24.7 Å². The number of aromatic nitrogens is 4. The molecule has 5 aromatic rings. The Morgan fingerprint density at radius 1 is 0.897 bits per heavy atom. The molecule has 1 amide bonds. The molecule has 0 atom stereocenters. The summed E-state index contributed by atoms with van der Waals surface area (Å²) >= 11 is 0. The summed E-state index contributed by atoms with van der Waals surface area (Å²) in [5, 5.41) is 2.65. The summed E-state index contributed by atoms with van der Waals surface area (Å²) in [6.45, 7) is 0.412. The number of imidazole rings is 1. The molecule has 12 heteroatoms. The zero-order valence-corrected chi connectivity index (χ0v) is 20.1. The van der Waals surface area contributed by atoms with Crippen LogP contribution in [0.25, 0.3) is 16.9 Å². The molecule has 3 heterocycles. The Bertz CT molecular complexity index is 1570. The lowest BCUT2D eigenvalue weighted by Gasteiger charge is -2.11. The smallest absolute Gasteiger partial charge is 0.489 e. The fourth-order valence-corrected chi connectivity index (χ4v) is 3.62. The molecule has 3 aromatic heterocycles. The van der Waals surface area contributed by atoms with Crippen LogP contribution < -0.4 is 19.5 Å². The number of pyridine rings is 2. The third kappa shape index (κ3) is 6.80. The Morgan fingerprint density at radius 3 is 2.51 bits per heavy atom. The van der Waals surface area contributed by atoms with Gasteiger partial charge in [-0.25, -0.2) is 14.8 Å². The van der Waals surface area contributed by atoms with E-state index in [1.807, 2.05) is 12.1 Å². The van der Waals surface area contributed by atoms with Gasteiger partial charge >= 0.3 is 12.5 Å². The Labute approximate surface area is 219 Å². The maximum Gasteiger partial charge on any atom is 0.573 e. The molecule has 0 unspecified atom stereocenters. The van der Waals surface area contributed by atoms with Crippen LogP contribution in [0.2, 0.25) is 0 Å². The molecule has 0 aliphatic heterocycles. The molecule has 9 nitrogen and oxygen atoms in total. The number of amides is 1. The zero-order chi connectivity index (χ0) is 27.2. The average molecular weight is 535 g/mol. The van der Waals surface area contributed by atoms with E-state index in [1.54, 1.807) is 53.6 Å². The van der Waals surface area contributed by atoms with Crippen LogP contribution in [-0.4, -0.2) is 32.0 Å². The number of carbonyl (C=O) groups excluding carboxylic acids is 1. The molecule has 0 spiro atoms. The van der Waals surface area contributed by atoms with Gasteiger partial charge in [-0.1, -0.05) is 24.3 Å². The van der Waals surface area contributed by atoms with Crippen molar-refractivity contribution in [3.63, 3.8) is 0 Å². The summed E-state index contributed by atoms with van der Waals surface area (Å²) in [5.41, 5.74) is 3.28. The number of benzene rings is 2. The maximum atomic E-state index is 12.3. The van der Waals surface area contributed by atoms with Crippen molar-refractivity contribution in [3.8, 4) is 22.9 Å². The van der Waals surface area contributed by atoms with E-state index >= 15 is 0 Å². The monoisotopic (exact) mass is 535 g/mol. The third-order valence-electron chi connectivity index (χ3n) is 5.39. The van der Waals surface area contributed by atoms with Gasteiger partial charge in [-0.05, 0) is 41.5 Å². The van der Waals surface area contributed by atoms with Crippen LogP contribution in [0.15, 0.2) is 91.6 Å². The van der Waals surface area contributed by atoms with E-state index in [4.69, 9.17) is 9.47 Å². The zero-order valence-electron chi connectivity index (χ0n) is 20.1. The molecule has 1 N–H and O–H groups in total. The minimum Gasteiger partial charge on any atom is -0.489 e. The molecule has 0 bridgehead atoms. The number of nitrogens with zero attached hydrogens (tertiary/aromatic N) is 4. The summed E-state index contributed by atoms with van der Waals surface area (Å²) < 4.78 is 53.8. The first-order valence-corrected chi connectivity index (χ1v) is 11.6. The van der Waals surface area contributed by atoms with Gasteiger partial charge in [0.25, 0.3) is 0 Å². The van der Waals surface area contributed by atoms with Gasteiger partial charge in [0.2, 0.25) is 0 Å². The summed E-state index contributed by atoms with van der Waals surface area (Å²) in [6.07, 6.45) is 0.934. The standard InChI is InChI=1S/C27H20F3N5O4/c28-27(29,30)39-21-8-6-18(7-9-21)16-37-22-5-1-4-20(11-22)35-17-34-24-12-23(15-32-25(24)35)38-26(36)33-14-19-3-2-10-31-13-19/h1-13,15,17H,14,16H2,(H,33,36). The van der Waals surface area contributed by atoms with Crippen LogP contribution in [0.1, 0.15) is 11.1 Å². The number of hydrogen-bond acceptors (Lipinski definition) is 7. The highest BCUT2D eigenvalue weighted by molar-refractivity contribution is 5.76. The first kappa shape index (κ1) is 25.5. The number of halogens is 3. The Morgan fingerprint density at radius 2 is 1.74 bits per heavy atom. The second-order valence-corrected chi connectivity index (χ2v) is 8.21. The van der Waals surface area contributed by atoms with Crippen molar-refractivity contribution in [1.82, 2.24) is 24.8 Å². The summed E-state index contributed by atoms with van der Waals surface area (Å²) in [6, 6.07) is 17.8. The molecule has 2 aromatic carbocycles. The van der Waals surface area contributed by atoms with Crippen LogP contribution in [0.5, 0.6) is 17.2 Å². The molecule has 198 valence electrons. The van der Waals surface area contributed by atoms with Crippen LogP contribution in [0.3, 0.4) is 0 Å². The van der Waals surface area contributed by atoms with Crippen molar-refractivity contribution in [2.75, 3.05) is 0 Å². The van der Waals surface area contributed by atoms with Crippen molar-refractivity contribution >= 4 is 17.3 Å². The van der Waals surface area contributed by atoms with Crippen molar-refractivity contribution in [2.45, 2.75) is 19.5 Å². The molecule has 0 saturated heterocycles. The minimum atomic E-state index is -4.74. The molecule has 0 fully saturated rings. The predicted molar refractivity (Wildman–Crippen MR) is 133 cm³/mol. The summed E-state index contributed by atoms with van der Waals surface area (Å²) in [5.74, 6) is 0.474. The Hall–Kier alpha value is -5.13. The number of alkyl halides is 3. The second kappa shape index (κ2) is 11.1. The largest absolute Gasteiger partial charge is 0.573 e. The number of nitrogens with one attached hydrogen (secondary N) is 1. The fourth-order valence-electron chi connectivity index (χ4n) is 3.62. The lowest BCUT2D eigenvalue weighted by Crippen LogP contribution is -2.26. The number of carbonyl (C=O) groups is 1. The minimum absolute atomic E-state index is 0.141. The second-order valence-electron chi connectivity index (χ2n) is 8.21. The van der Waals surface area contributed by atoms with E-state index < -0.39 is 12.5 Å². The van der Waals surface area contributed by atoms with E-state index in [9.17, 15) is 18.0 Å². The van der Waals surface area contributed by atoms with Gasteiger partial charge in [-0.3, -0.25) is 9.55 Å². The van der Waals surface area contributed by atoms with E-state index in [1.165, 1.54) is 30.5 Å². The summed E-state index contributed by atoms with van der Waals surface area (Å²) in [4.78, 5) is 24.9. The maximum absolute atomic E-state index is 12.3. The Kier molecular flexibility index (Phi) is 7.26. The van der Waals surface area contributed by atoms with Crippen molar-refractivity contribution in [1.29, 1.82) is 0 Å². The lowest BCUT2D eigenvalue weighted by molar-refractivity contribution is -0.274. The van der Waals surface area contributed by atoms with Crippen LogP contribution in [-0.2, 0) is 13.2 Å². The van der Waals surface area contributed by atoms with Gasteiger partial charge in [0.1, 0.15) is 29.9 Å². The molecular weight excluding hydrogens is 515 g/mol. The van der Waals surface area contributed by atoms with Gasteiger partial charge in [0.05, 0.1) is 11.9 Å². The summed E-state index contributed by atoms with van der Waals surface area (Å²) in [7, 11) is 0. The predicted octanol–water partition coefficient (Wildman–Crippen LogP) is 5.58. The average Bonchev–Trinajstić information content (AvgIpc) is 3.35. The first-order valence-electron chi connectivity index (χ1n) is 11.6. The number of fused-ring (bicyclic) bond motifs is 1. The fraction of sp³-hybridized carbons (Fsp3) is 0.111. The molecule has 0 radical (unpaired) electrons. The number of rotatable bonds is 8. The van der Waals surface area contributed by atoms with E-state index in [0.717, 1.165) is 11.3 Å². The lowest BCUT2D eigenvalue weighted by atomic mass is 10.2. The normalized spacial score (nSPS) is 11.3. The van der Waals surface area contributed by atoms with Gasteiger partial charge in [0, 0.05) is 31.1 Å². The van der Waals surface area contributed by atoms with Crippen molar-refractivity contribution in [2.24, 2.45) is 0 Å². The molecule has 0 aliphatic rings. The third-order valence-corrected chi connectivity index (χ3v) is 5.39. The highest BCUT2D eigenvalue weighted by atomic mass is 19.4. The topological polar surface area (TPSA) is 100 Å². The number of hydrogen-bond donors (Lipinski definition) is 1. The van der Waals surface area contributed by atoms with Crippen molar-refractivity contribution in [3.05, 3.63) is 103 Å². The van der Waals surface area contributed by atoms with Gasteiger partial charge in [0.15, 0.2) is 11.4 Å². The van der Waals surface area contributed by atoms with Gasteiger partial charge < -0.3 is 19.5 Å². The van der Waals surface area contributed by atoms with Crippen LogP contribution in [0.4, 0.5) is 18.0 Å². The van der Waals surface area contributed by atoms with Crippen LogP contribution in [0, 0.1) is 0 Å². The first-order chi connectivity index (χ1) is 18.8. The quantitative estimate of drug-likeness (QED) is 0.277. The SMILES string of the molecule is O=C(NCc1cccnc1)Oc1cnc2c(c1)ncn2-c1cccc(OCc2ccc(OC(F)(F)F)cc2)c1. The van der Waals surface area contributed by atoms with Crippen molar-refractivity contribution < 1.29 is 32.2 Å². The number of ether oxygens (including phenoxy) is 3.